The van der Waals surface area contributed by atoms with Gasteiger partial charge in [0.1, 0.15) is 11.3 Å². The maximum Gasteiger partial charge on any atom is 0.216 e. The lowest BCUT2D eigenvalue weighted by atomic mass is 9.87. The number of rotatable bonds is 4. The molecule has 0 unspecified atom stereocenters. The van der Waals surface area contributed by atoms with Crippen LogP contribution in [0.1, 0.15) is 49.0 Å². The fourth-order valence-electron chi connectivity index (χ4n) is 2.86. The molecular formula is C14H22N2O3. The Morgan fingerprint density at radius 2 is 1.89 bits per heavy atom. The molecule has 106 valence electrons. The molecule has 1 fully saturated rings. The van der Waals surface area contributed by atoms with Crippen molar-refractivity contribution in [3.8, 4) is 5.75 Å². The van der Waals surface area contributed by atoms with Crippen LogP contribution >= 0.6 is 0 Å². The Bertz CT molecular complexity index is 446. The molecule has 0 aliphatic heterocycles. The topological polar surface area (TPSA) is 53.4 Å². The minimum Gasteiger partial charge on any atom is -0.493 e. The lowest BCUT2D eigenvalue weighted by Gasteiger charge is -2.29. The largest absolute Gasteiger partial charge is 0.493 e. The summed E-state index contributed by atoms with van der Waals surface area (Å²) in [5.74, 6) is 0.516. The van der Waals surface area contributed by atoms with Crippen LogP contribution in [-0.4, -0.2) is 35.4 Å². The Labute approximate surface area is 113 Å². The third-order valence-electron chi connectivity index (χ3n) is 4.06. The standard InChI is InChI=1S/C14H22N2O3/c1-16-12(11(18-2)10-15-16)13(17)14(19-3)8-6-4-5-7-9-14/h10H,4-9H2,1-3H3. The fourth-order valence-corrected chi connectivity index (χ4v) is 2.86. The van der Waals surface area contributed by atoms with Crippen LogP contribution < -0.4 is 4.74 Å². The molecule has 0 spiro atoms. The van der Waals surface area contributed by atoms with Gasteiger partial charge in [-0.1, -0.05) is 25.7 Å². The first-order valence-corrected chi connectivity index (χ1v) is 6.80. The van der Waals surface area contributed by atoms with Gasteiger partial charge >= 0.3 is 0 Å². The second kappa shape index (κ2) is 5.74. The van der Waals surface area contributed by atoms with Crippen LogP contribution in [-0.2, 0) is 11.8 Å². The Morgan fingerprint density at radius 1 is 1.26 bits per heavy atom. The van der Waals surface area contributed by atoms with E-state index in [0.29, 0.717) is 11.4 Å². The predicted molar refractivity (Wildman–Crippen MR) is 71.5 cm³/mol. The van der Waals surface area contributed by atoms with Crippen LogP contribution in [0.25, 0.3) is 0 Å². The van der Waals surface area contributed by atoms with E-state index in [-0.39, 0.29) is 5.78 Å². The monoisotopic (exact) mass is 266 g/mol. The van der Waals surface area contributed by atoms with Gasteiger partial charge in [0.05, 0.1) is 13.3 Å². The van der Waals surface area contributed by atoms with Crippen molar-refractivity contribution in [2.45, 2.75) is 44.1 Å². The summed E-state index contributed by atoms with van der Waals surface area (Å²) in [7, 11) is 4.95. The molecule has 0 bridgehead atoms. The van der Waals surface area contributed by atoms with Crippen molar-refractivity contribution < 1.29 is 14.3 Å². The third-order valence-corrected chi connectivity index (χ3v) is 4.06. The number of hydrogen-bond acceptors (Lipinski definition) is 4. The van der Waals surface area contributed by atoms with E-state index in [1.54, 1.807) is 32.1 Å². The van der Waals surface area contributed by atoms with Gasteiger partial charge in [0.25, 0.3) is 0 Å². The lowest BCUT2D eigenvalue weighted by Crippen LogP contribution is -2.41. The summed E-state index contributed by atoms with van der Waals surface area (Å²) in [4.78, 5) is 12.9. The van der Waals surface area contributed by atoms with E-state index in [9.17, 15) is 4.79 Å². The van der Waals surface area contributed by atoms with Crippen molar-refractivity contribution >= 4 is 5.78 Å². The van der Waals surface area contributed by atoms with Crippen LogP contribution in [0, 0.1) is 0 Å². The van der Waals surface area contributed by atoms with Gasteiger partial charge in [-0.15, -0.1) is 0 Å². The molecule has 0 atom stereocenters. The van der Waals surface area contributed by atoms with E-state index in [4.69, 9.17) is 9.47 Å². The number of carbonyl (C=O) groups is 1. The average Bonchev–Trinajstić information content (AvgIpc) is 2.65. The molecule has 2 rings (SSSR count). The molecule has 5 heteroatoms. The Morgan fingerprint density at radius 3 is 2.42 bits per heavy atom. The predicted octanol–water partition coefficient (Wildman–Crippen LogP) is 2.35. The molecule has 0 aromatic carbocycles. The average molecular weight is 266 g/mol. The number of Topliss-reactive ketones (excluding diaryl/α,β-unsaturated/α-hetero) is 1. The minimum absolute atomic E-state index is 0.00579. The van der Waals surface area contributed by atoms with E-state index in [1.165, 1.54) is 12.8 Å². The summed E-state index contributed by atoms with van der Waals surface area (Å²) in [6.07, 6.45) is 7.52. The molecule has 0 amide bonds. The van der Waals surface area contributed by atoms with E-state index in [0.717, 1.165) is 25.7 Å². The second-order valence-corrected chi connectivity index (χ2v) is 5.13. The van der Waals surface area contributed by atoms with Gasteiger partial charge in [0.15, 0.2) is 5.75 Å². The van der Waals surface area contributed by atoms with Crippen LogP contribution in [0.4, 0.5) is 0 Å². The zero-order valence-electron chi connectivity index (χ0n) is 11.9. The summed E-state index contributed by atoms with van der Waals surface area (Å²) in [5, 5.41) is 4.11. The Hall–Kier alpha value is -1.36. The van der Waals surface area contributed by atoms with Crippen molar-refractivity contribution in [3.05, 3.63) is 11.9 Å². The zero-order chi connectivity index (χ0) is 13.9. The number of aromatic nitrogens is 2. The number of aryl methyl sites for hydroxylation is 1. The number of ketones is 1. The van der Waals surface area contributed by atoms with Crippen LogP contribution in [0.2, 0.25) is 0 Å². The van der Waals surface area contributed by atoms with Gasteiger partial charge in [0.2, 0.25) is 5.78 Å². The maximum atomic E-state index is 12.9. The minimum atomic E-state index is -0.711. The molecule has 1 saturated carbocycles. The third kappa shape index (κ3) is 2.52. The van der Waals surface area contributed by atoms with Crippen LogP contribution in [0.3, 0.4) is 0 Å². The number of hydrogen-bond donors (Lipinski definition) is 0. The van der Waals surface area contributed by atoms with Gasteiger partial charge < -0.3 is 9.47 Å². The summed E-state index contributed by atoms with van der Waals surface area (Å²) < 4.78 is 12.5. The molecule has 1 aliphatic rings. The molecule has 1 heterocycles. The normalized spacial score (nSPS) is 18.9. The van der Waals surface area contributed by atoms with Gasteiger partial charge in [-0.2, -0.15) is 5.10 Å². The first-order chi connectivity index (χ1) is 9.14. The van der Waals surface area contributed by atoms with Crippen LogP contribution in [0.5, 0.6) is 5.75 Å². The van der Waals surface area contributed by atoms with Crippen molar-refractivity contribution in [3.63, 3.8) is 0 Å². The molecular weight excluding hydrogens is 244 g/mol. The quantitative estimate of drug-likeness (QED) is 0.620. The number of carbonyl (C=O) groups excluding carboxylic acids is 1. The van der Waals surface area contributed by atoms with E-state index < -0.39 is 5.60 Å². The first-order valence-electron chi connectivity index (χ1n) is 6.80. The van der Waals surface area contributed by atoms with Gasteiger partial charge in [-0.05, 0) is 12.8 Å². The summed E-state index contributed by atoms with van der Waals surface area (Å²) in [6.45, 7) is 0. The highest BCUT2D eigenvalue weighted by Crippen LogP contribution is 2.35. The highest BCUT2D eigenvalue weighted by molar-refractivity contribution is 6.03. The van der Waals surface area contributed by atoms with Crippen molar-refractivity contribution in [1.29, 1.82) is 0 Å². The fraction of sp³-hybridized carbons (Fsp3) is 0.714. The highest BCUT2D eigenvalue weighted by atomic mass is 16.5. The summed E-state index contributed by atoms with van der Waals surface area (Å²) in [6, 6.07) is 0. The smallest absolute Gasteiger partial charge is 0.216 e. The molecule has 19 heavy (non-hydrogen) atoms. The molecule has 1 aromatic heterocycles. The van der Waals surface area contributed by atoms with Gasteiger partial charge in [0, 0.05) is 14.2 Å². The molecule has 5 nitrogen and oxygen atoms in total. The molecule has 1 aliphatic carbocycles. The second-order valence-electron chi connectivity index (χ2n) is 5.13. The molecule has 0 saturated heterocycles. The SMILES string of the molecule is COc1cnn(C)c1C(=O)C1(OC)CCCCCC1. The zero-order valence-corrected chi connectivity index (χ0v) is 11.9. The number of nitrogens with zero attached hydrogens (tertiary/aromatic N) is 2. The van der Waals surface area contributed by atoms with E-state index >= 15 is 0 Å². The first kappa shape index (κ1) is 14.1. The maximum absolute atomic E-state index is 12.9. The Kier molecular flexibility index (Phi) is 4.24. The van der Waals surface area contributed by atoms with Gasteiger partial charge in [-0.25, -0.2) is 0 Å². The lowest BCUT2D eigenvalue weighted by molar-refractivity contribution is -0.00784. The molecule has 0 N–H and O–H groups in total. The van der Waals surface area contributed by atoms with Crippen molar-refractivity contribution in [2.24, 2.45) is 7.05 Å². The summed E-state index contributed by atoms with van der Waals surface area (Å²) >= 11 is 0. The van der Waals surface area contributed by atoms with Crippen molar-refractivity contribution in [2.75, 3.05) is 14.2 Å². The van der Waals surface area contributed by atoms with Crippen molar-refractivity contribution in [1.82, 2.24) is 9.78 Å². The van der Waals surface area contributed by atoms with E-state index in [1.807, 2.05) is 0 Å². The molecule has 1 aromatic rings. The van der Waals surface area contributed by atoms with Gasteiger partial charge in [-0.3, -0.25) is 9.48 Å². The molecule has 0 radical (unpaired) electrons. The number of ether oxygens (including phenoxy) is 2. The Balaban J connectivity index is 2.36. The van der Waals surface area contributed by atoms with E-state index in [2.05, 4.69) is 5.10 Å². The van der Waals surface area contributed by atoms with Crippen LogP contribution in [0.15, 0.2) is 6.20 Å². The summed E-state index contributed by atoms with van der Waals surface area (Å²) in [5.41, 5.74) is -0.205. The highest BCUT2D eigenvalue weighted by Gasteiger charge is 2.41. The number of methoxy groups -OCH3 is 2.